The summed E-state index contributed by atoms with van der Waals surface area (Å²) in [6.07, 6.45) is 0. The van der Waals surface area contributed by atoms with Crippen LogP contribution in [0.2, 0.25) is 0 Å². The summed E-state index contributed by atoms with van der Waals surface area (Å²) in [6, 6.07) is 20.4. The number of halogens is 1. The number of benzene rings is 3. The van der Waals surface area contributed by atoms with Crippen molar-refractivity contribution in [2.75, 3.05) is 11.9 Å². The maximum absolute atomic E-state index is 13.5. The van der Waals surface area contributed by atoms with E-state index in [-0.39, 0.29) is 17.0 Å². The number of amides is 1. The van der Waals surface area contributed by atoms with Crippen molar-refractivity contribution in [2.24, 2.45) is 0 Å². The van der Waals surface area contributed by atoms with Gasteiger partial charge in [-0.2, -0.15) is 0 Å². The number of para-hydroxylation sites is 1. The average molecular weight is 377 g/mol. The Labute approximate surface area is 160 Å². The van der Waals surface area contributed by atoms with E-state index in [9.17, 15) is 18.8 Å². The molecular weight excluding hydrogens is 361 g/mol. The molecule has 5 nitrogen and oxygen atoms in total. The molecule has 3 rings (SSSR count). The zero-order valence-corrected chi connectivity index (χ0v) is 14.7. The minimum atomic E-state index is -0.720. The molecule has 0 aromatic heterocycles. The first-order valence-corrected chi connectivity index (χ1v) is 8.46. The molecule has 140 valence electrons. The first kappa shape index (κ1) is 19.0. The number of hydrogen-bond donors (Lipinski definition) is 1. The van der Waals surface area contributed by atoms with Crippen LogP contribution in [0.3, 0.4) is 0 Å². The third kappa shape index (κ3) is 4.67. The summed E-state index contributed by atoms with van der Waals surface area (Å²) in [6.45, 7) is -0.558. The quantitative estimate of drug-likeness (QED) is 0.523. The summed E-state index contributed by atoms with van der Waals surface area (Å²) >= 11 is 0. The highest BCUT2D eigenvalue weighted by atomic mass is 19.1. The van der Waals surface area contributed by atoms with Gasteiger partial charge < -0.3 is 10.1 Å². The van der Waals surface area contributed by atoms with Crippen molar-refractivity contribution in [1.82, 2.24) is 0 Å². The van der Waals surface area contributed by atoms with Crippen molar-refractivity contribution in [3.05, 3.63) is 101 Å². The highest BCUT2D eigenvalue weighted by Gasteiger charge is 2.13. The summed E-state index contributed by atoms with van der Waals surface area (Å²) in [5.41, 5.74) is 1.18. The Kier molecular flexibility index (Phi) is 5.91. The number of carbonyl (C=O) groups is 3. The molecule has 1 N–H and O–H groups in total. The van der Waals surface area contributed by atoms with Gasteiger partial charge in [-0.15, -0.1) is 0 Å². The Balaban J connectivity index is 1.57. The highest BCUT2D eigenvalue weighted by molar-refractivity contribution is 6.09. The Morgan fingerprint density at radius 3 is 2.00 bits per heavy atom. The molecule has 0 saturated carbocycles. The van der Waals surface area contributed by atoms with Crippen molar-refractivity contribution in [1.29, 1.82) is 0 Å². The highest BCUT2D eigenvalue weighted by Crippen LogP contribution is 2.13. The molecule has 3 aromatic rings. The van der Waals surface area contributed by atoms with Crippen molar-refractivity contribution >= 4 is 23.3 Å². The van der Waals surface area contributed by atoms with Gasteiger partial charge in [-0.1, -0.05) is 54.6 Å². The van der Waals surface area contributed by atoms with Crippen LogP contribution in [0.25, 0.3) is 0 Å². The van der Waals surface area contributed by atoms with Gasteiger partial charge in [0.05, 0.1) is 11.3 Å². The molecule has 0 saturated heterocycles. The van der Waals surface area contributed by atoms with Crippen LogP contribution in [-0.4, -0.2) is 24.3 Å². The number of ketones is 1. The maximum Gasteiger partial charge on any atom is 0.338 e. The second-order valence-corrected chi connectivity index (χ2v) is 5.88. The van der Waals surface area contributed by atoms with Gasteiger partial charge in [-0.25, -0.2) is 9.18 Å². The van der Waals surface area contributed by atoms with Gasteiger partial charge in [-0.3, -0.25) is 9.59 Å². The van der Waals surface area contributed by atoms with Gasteiger partial charge in [0.15, 0.2) is 12.4 Å². The smallest absolute Gasteiger partial charge is 0.338 e. The molecule has 3 aromatic carbocycles. The number of ether oxygens (including phenoxy) is 1. The van der Waals surface area contributed by atoms with E-state index in [1.165, 1.54) is 42.5 Å². The zero-order chi connectivity index (χ0) is 19.9. The average Bonchev–Trinajstić information content (AvgIpc) is 2.74. The molecule has 0 spiro atoms. The Hall–Kier alpha value is -3.80. The van der Waals surface area contributed by atoms with Gasteiger partial charge >= 0.3 is 5.97 Å². The molecule has 1 amide bonds. The normalized spacial score (nSPS) is 10.2. The van der Waals surface area contributed by atoms with Crippen molar-refractivity contribution < 1.29 is 23.5 Å². The van der Waals surface area contributed by atoms with E-state index in [2.05, 4.69) is 5.32 Å². The minimum Gasteiger partial charge on any atom is -0.452 e. The lowest BCUT2D eigenvalue weighted by Gasteiger charge is -2.08. The van der Waals surface area contributed by atoms with E-state index in [1.54, 1.807) is 30.3 Å². The predicted molar refractivity (Wildman–Crippen MR) is 102 cm³/mol. The number of carbonyl (C=O) groups excluding carboxylic acids is 3. The molecular formula is C22H16FNO4. The second kappa shape index (κ2) is 8.73. The van der Waals surface area contributed by atoms with Crippen LogP contribution in [0, 0.1) is 5.82 Å². The summed E-state index contributed by atoms with van der Waals surface area (Å²) < 4.78 is 18.4. The van der Waals surface area contributed by atoms with Crippen LogP contribution in [0.1, 0.15) is 26.3 Å². The van der Waals surface area contributed by atoms with Gasteiger partial charge in [0.1, 0.15) is 5.82 Å². The van der Waals surface area contributed by atoms with E-state index >= 15 is 0 Å². The third-order valence-corrected chi connectivity index (χ3v) is 3.90. The van der Waals surface area contributed by atoms with Crippen molar-refractivity contribution in [3.8, 4) is 0 Å². The SMILES string of the molecule is O=C(COC(=O)c1ccc(C(=O)c2ccccc2)cc1)Nc1ccccc1F. The molecule has 0 aliphatic heterocycles. The van der Waals surface area contributed by atoms with E-state index in [4.69, 9.17) is 4.74 Å². The lowest BCUT2D eigenvalue weighted by molar-refractivity contribution is -0.119. The maximum atomic E-state index is 13.5. The van der Waals surface area contributed by atoms with Crippen LogP contribution in [0.15, 0.2) is 78.9 Å². The lowest BCUT2D eigenvalue weighted by atomic mass is 10.0. The minimum absolute atomic E-state index is 0.00678. The summed E-state index contributed by atoms with van der Waals surface area (Å²) in [5.74, 6) is -2.12. The molecule has 6 heteroatoms. The fraction of sp³-hybridized carbons (Fsp3) is 0.0455. The monoisotopic (exact) mass is 377 g/mol. The molecule has 28 heavy (non-hydrogen) atoms. The van der Waals surface area contributed by atoms with E-state index in [0.717, 1.165) is 0 Å². The number of esters is 1. The molecule has 0 unspecified atom stereocenters. The fourth-order valence-electron chi connectivity index (χ4n) is 2.48. The topological polar surface area (TPSA) is 72.5 Å². The van der Waals surface area contributed by atoms with Gasteiger partial charge in [0, 0.05) is 11.1 Å². The molecule has 0 fully saturated rings. The second-order valence-electron chi connectivity index (χ2n) is 5.88. The van der Waals surface area contributed by atoms with E-state index in [0.29, 0.717) is 11.1 Å². The van der Waals surface area contributed by atoms with Crippen LogP contribution >= 0.6 is 0 Å². The summed E-state index contributed by atoms with van der Waals surface area (Å²) in [7, 11) is 0. The number of anilines is 1. The fourth-order valence-corrected chi connectivity index (χ4v) is 2.48. The van der Waals surface area contributed by atoms with Gasteiger partial charge in [0.2, 0.25) is 0 Å². The van der Waals surface area contributed by atoms with Crippen LogP contribution < -0.4 is 5.32 Å². The standard InChI is InChI=1S/C22H16FNO4/c23-18-8-4-5-9-19(18)24-20(25)14-28-22(27)17-12-10-16(11-13-17)21(26)15-6-2-1-3-7-15/h1-13H,14H2,(H,24,25). The zero-order valence-electron chi connectivity index (χ0n) is 14.7. The largest absolute Gasteiger partial charge is 0.452 e. The number of rotatable bonds is 6. The Bertz CT molecular complexity index is 1000. The lowest BCUT2D eigenvalue weighted by Crippen LogP contribution is -2.21. The van der Waals surface area contributed by atoms with Gasteiger partial charge in [0.25, 0.3) is 5.91 Å². The molecule has 0 aliphatic carbocycles. The summed E-state index contributed by atoms with van der Waals surface area (Å²) in [5, 5.41) is 2.32. The third-order valence-electron chi connectivity index (χ3n) is 3.90. The Morgan fingerprint density at radius 2 is 1.32 bits per heavy atom. The first-order chi connectivity index (χ1) is 13.5. The van der Waals surface area contributed by atoms with Crippen molar-refractivity contribution in [2.45, 2.75) is 0 Å². The molecule has 0 bridgehead atoms. The first-order valence-electron chi connectivity index (χ1n) is 8.46. The molecule has 0 heterocycles. The Morgan fingerprint density at radius 1 is 0.750 bits per heavy atom. The van der Waals surface area contributed by atoms with Crippen LogP contribution in [-0.2, 0) is 9.53 Å². The van der Waals surface area contributed by atoms with Crippen LogP contribution in [0.5, 0.6) is 0 Å². The predicted octanol–water partition coefficient (Wildman–Crippen LogP) is 3.85. The molecule has 0 atom stereocenters. The van der Waals surface area contributed by atoms with Gasteiger partial charge in [-0.05, 0) is 24.3 Å². The van der Waals surface area contributed by atoms with Crippen LogP contribution in [0.4, 0.5) is 10.1 Å². The molecule has 0 aliphatic rings. The summed E-state index contributed by atoms with van der Waals surface area (Å²) in [4.78, 5) is 36.2. The van der Waals surface area contributed by atoms with E-state index < -0.39 is 24.3 Å². The van der Waals surface area contributed by atoms with E-state index in [1.807, 2.05) is 6.07 Å². The number of hydrogen-bond acceptors (Lipinski definition) is 4. The molecule has 0 radical (unpaired) electrons. The number of nitrogens with one attached hydrogen (secondary N) is 1. The van der Waals surface area contributed by atoms with Crippen molar-refractivity contribution in [3.63, 3.8) is 0 Å².